The fraction of sp³-hybridized carbons (Fsp3) is 0.375. The van der Waals surface area contributed by atoms with E-state index in [0.717, 1.165) is 6.42 Å². The maximum atomic E-state index is 11.9. The summed E-state index contributed by atoms with van der Waals surface area (Å²) in [6.07, 6.45) is 4.96. The van der Waals surface area contributed by atoms with Crippen molar-refractivity contribution in [2.24, 2.45) is 7.05 Å². The summed E-state index contributed by atoms with van der Waals surface area (Å²) in [4.78, 5) is 0. The van der Waals surface area contributed by atoms with E-state index < -0.39 is 10.0 Å². The van der Waals surface area contributed by atoms with Gasteiger partial charge in [0.25, 0.3) is 0 Å². The van der Waals surface area contributed by atoms with Crippen LogP contribution in [0.1, 0.15) is 18.9 Å². The number of rotatable bonds is 3. The Morgan fingerprint density at radius 1 is 1.24 bits per heavy atom. The van der Waals surface area contributed by atoms with E-state index >= 15 is 0 Å². The van der Waals surface area contributed by atoms with Crippen molar-refractivity contribution < 1.29 is 8.42 Å². The molecule has 5 heteroatoms. The molecule has 1 aromatic carbocycles. The highest BCUT2D eigenvalue weighted by atomic mass is 32.2. The molecule has 0 N–H and O–H groups in total. The zero-order chi connectivity index (χ0) is 15.0. The molecule has 0 unspecified atom stereocenters. The predicted molar refractivity (Wildman–Crippen MR) is 86.5 cm³/mol. The van der Waals surface area contributed by atoms with Crippen molar-refractivity contribution in [3.05, 3.63) is 42.1 Å². The van der Waals surface area contributed by atoms with Gasteiger partial charge in [-0.3, -0.25) is 0 Å². The molecule has 0 aliphatic carbocycles. The highest BCUT2D eigenvalue weighted by molar-refractivity contribution is 7.89. The molecule has 0 saturated carbocycles. The quantitative estimate of drug-likeness (QED) is 0.875. The van der Waals surface area contributed by atoms with Gasteiger partial charge in [-0.25, -0.2) is 8.42 Å². The number of benzene rings is 1. The highest BCUT2D eigenvalue weighted by Gasteiger charge is 2.23. The SMILES string of the molecule is CCS(=O)(=O)N1CC=C(c2cn(C)c3ccccc23)CC1. The lowest BCUT2D eigenvalue weighted by molar-refractivity contribution is 0.442. The first kappa shape index (κ1) is 14.4. The normalized spacial score (nSPS) is 17.1. The molecule has 0 radical (unpaired) electrons. The maximum Gasteiger partial charge on any atom is 0.214 e. The van der Waals surface area contributed by atoms with E-state index in [-0.39, 0.29) is 5.75 Å². The van der Waals surface area contributed by atoms with Crippen LogP contribution in [0.25, 0.3) is 16.5 Å². The van der Waals surface area contributed by atoms with Crippen LogP contribution in [0.2, 0.25) is 0 Å². The molecule has 0 bridgehead atoms. The monoisotopic (exact) mass is 304 g/mol. The van der Waals surface area contributed by atoms with Gasteiger partial charge in [-0.2, -0.15) is 4.31 Å². The molecule has 0 amide bonds. The van der Waals surface area contributed by atoms with Crippen LogP contribution in [0.15, 0.2) is 36.5 Å². The predicted octanol–water partition coefficient (Wildman–Crippen LogP) is 2.62. The van der Waals surface area contributed by atoms with Crippen molar-refractivity contribution in [2.75, 3.05) is 18.8 Å². The highest BCUT2D eigenvalue weighted by Crippen LogP contribution is 2.30. The molecule has 2 aromatic rings. The summed E-state index contributed by atoms with van der Waals surface area (Å²) in [5.41, 5.74) is 3.67. The molecular weight excluding hydrogens is 284 g/mol. The Labute approximate surface area is 125 Å². The van der Waals surface area contributed by atoms with Gasteiger partial charge in [0, 0.05) is 42.8 Å². The summed E-state index contributed by atoms with van der Waals surface area (Å²) in [6.45, 7) is 2.75. The molecule has 0 atom stereocenters. The smallest absolute Gasteiger partial charge is 0.214 e. The Balaban J connectivity index is 1.95. The zero-order valence-corrected chi connectivity index (χ0v) is 13.2. The van der Waals surface area contributed by atoms with Crippen molar-refractivity contribution in [3.63, 3.8) is 0 Å². The molecule has 0 saturated heterocycles. The summed E-state index contributed by atoms with van der Waals surface area (Å²) in [6, 6.07) is 8.32. The van der Waals surface area contributed by atoms with Crippen LogP contribution in [0.3, 0.4) is 0 Å². The number of fused-ring (bicyclic) bond motifs is 1. The van der Waals surface area contributed by atoms with E-state index in [1.165, 1.54) is 22.0 Å². The first-order valence-corrected chi connectivity index (χ1v) is 8.85. The Bertz CT molecular complexity index is 803. The van der Waals surface area contributed by atoms with Crippen LogP contribution in [-0.4, -0.2) is 36.1 Å². The lowest BCUT2D eigenvalue weighted by Crippen LogP contribution is -2.35. The number of aromatic nitrogens is 1. The third-order valence-electron chi connectivity index (χ3n) is 4.17. The van der Waals surface area contributed by atoms with Gasteiger partial charge in [0.1, 0.15) is 0 Å². The van der Waals surface area contributed by atoms with E-state index in [0.29, 0.717) is 13.1 Å². The molecule has 21 heavy (non-hydrogen) atoms. The van der Waals surface area contributed by atoms with Crippen LogP contribution in [0.5, 0.6) is 0 Å². The third-order valence-corrected chi connectivity index (χ3v) is 6.02. The van der Waals surface area contributed by atoms with E-state index in [1.54, 1.807) is 11.2 Å². The van der Waals surface area contributed by atoms with Crippen LogP contribution in [0, 0.1) is 0 Å². The van der Waals surface area contributed by atoms with Gasteiger partial charge in [0.15, 0.2) is 0 Å². The largest absolute Gasteiger partial charge is 0.350 e. The van der Waals surface area contributed by atoms with Gasteiger partial charge in [0.05, 0.1) is 5.75 Å². The Morgan fingerprint density at radius 2 is 2.00 bits per heavy atom. The minimum Gasteiger partial charge on any atom is -0.350 e. The third kappa shape index (κ3) is 2.51. The van der Waals surface area contributed by atoms with Crippen LogP contribution in [-0.2, 0) is 17.1 Å². The van der Waals surface area contributed by atoms with E-state index in [2.05, 4.69) is 29.0 Å². The Hall–Kier alpha value is -1.59. The summed E-state index contributed by atoms with van der Waals surface area (Å²) in [5, 5.41) is 1.23. The fourth-order valence-electron chi connectivity index (χ4n) is 2.93. The van der Waals surface area contributed by atoms with E-state index in [4.69, 9.17) is 0 Å². The van der Waals surface area contributed by atoms with Gasteiger partial charge >= 0.3 is 0 Å². The molecule has 3 rings (SSSR count). The minimum atomic E-state index is -3.08. The standard InChI is InChI=1S/C16H20N2O2S/c1-3-21(19,20)18-10-8-13(9-11-18)15-12-17(2)16-7-5-4-6-14(15)16/h4-8,12H,3,9-11H2,1-2H3. The fourth-order valence-corrected chi connectivity index (χ4v) is 3.96. The number of nitrogens with zero attached hydrogens (tertiary/aromatic N) is 2. The van der Waals surface area contributed by atoms with E-state index in [9.17, 15) is 8.42 Å². The van der Waals surface area contributed by atoms with Crippen molar-refractivity contribution in [1.29, 1.82) is 0 Å². The number of hydrogen-bond acceptors (Lipinski definition) is 2. The summed E-state index contributed by atoms with van der Waals surface area (Å²) < 4.78 is 27.5. The molecule has 2 heterocycles. The van der Waals surface area contributed by atoms with Crippen LogP contribution < -0.4 is 0 Å². The average Bonchev–Trinajstić information content (AvgIpc) is 2.85. The summed E-state index contributed by atoms with van der Waals surface area (Å²) in [7, 11) is -1.04. The molecule has 0 spiro atoms. The second-order valence-electron chi connectivity index (χ2n) is 5.41. The van der Waals surface area contributed by atoms with Gasteiger partial charge in [0.2, 0.25) is 10.0 Å². The van der Waals surface area contributed by atoms with Crippen LogP contribution >= 0.6 is 0 Å². The van der Waals surface area contributed by atoms with Gasteiger partial charge < -0.3 is 4.57 Å². The van der Waals surface area contributed by atoms with Crippen LogP contribution in [0.4, 0.5) is 0 Å². The van der Waals surface area contributed by atoms with Crippen molar-refractivity contribution >= 4 is 26.5 Å². The lowest BCUT2D eigenvalue weighted by Gasteiger charge is -2.25. The molecular formula is C16H20N2O2S. The molecule has 1 aliphatic rings. The first-order chi connectivity index (χ1) is 10.0. The zero-order valence-electron chi connectivity index (χ0n) is 12.4. The van der Waals surface area contributed by atoms with Crippen molar-refractivity contribution in [2.45, 2.75) is 13.3 Å². The number of hydrogen-bond donors (Lipinski definition) is 0. The Kier molecular flexibility index (Phi) is 3.63. The van der Waals surface area contributed by atoms with Gasteiger partial charge in [-0.1, -0.05) is 24.3 Å². The maximum absolute atomic E-state index is 11.9. The molecule has 4 nitrogen and oxygen atoms in total. The summed E-state index contributed by atoms with van der Waals surface area (Å²) >= 11 is 0. The van der Waals surface area contributed by atoms with Gasteiger partial charge in [-0.15, -0.1) is 0 Å². The molecule has 0 fully saturated rings. The minimum absolute atomic E-state index is 0.171. The molecule has 112 valence electrons. The van der Waals surface area contributed by atoms with Gasteiger partial charge in [-0.05, 0) is 25.0 Å². The van der Waals surface area contributed by atoms with Crippen molar-refractivity contribution in [3.8, 4) is 0 Å². The van der Waals surface area contributed by atoms with Crippen molar-refractivity contribution in [1.82, 2.24) is 8.87 Å². The topological polar surface area (TPSA) is 42.3 Å². The molecule has 1 aromatic heterocycles. The molecule has 1 aliphatic heterocycles. The second-order valence-corrected chi connectivity index (χ2v) is 7.67. The second kappa shape index (κ2) is 5.31. The summed E-state index contributed by atoms with van der Waals surface area (Å²) in [5.74, 6) is 0.171. The lowest BCUT2D eigenvalue weighted by atomic mass is 10.00. The number of sulfonamides is 1. The van der Waals surface area contributed by atoms with E-state index in [1.807, 2.05) is 19.2 Å². The Morgan fingerprint density at radius 3 is 2.67 bits per heavy atom. The first-order valence-electron chi connectivity index (χ1n) is 7.24. The number of para-hydroxylation sites is 1. The average molecular weight is 304 g/mol. The number of aryl methyl sites for hydroxylation is 1.